The van der Waals surface area contributed by atoms with Gasteiger partial charge in [-0.25, -0.2) is 19.9 Å². The van der Waals surface area contributed by atoms with E-state index in [0.29, 0.717) is 12.8 Å². The second-order valence-corrected chi connectivity index (χ2v) is 14.0. The lowest BCUT2D eigenvalue weighted by Crippen LogP contribution is -2.34. The molecule has 1 aliphatic rings. The number of carbonyl (C=O) groups is 4. The molecule has 4 unspecified atom stereocenters. The van der Waals surface area contributed by atoms with Crippen molar-refractivity contribution < 1.29 is 36.8 Å². The first kappa shape index (κ1) is 36.0. The summed E-state index contributed by atoms with van der Waals surface area (Å²) >= 11 is 0. The molecule has 0 aliphatic carbocycles. The maximum absolute atomic E-state index is 13.4. The number of nitrogens with one attached hydrogen (secondary N) is 4. The van der Waals surface area contributed by atoms with E-state index in [-0.39, 0.29) is 70.0 Å². The van der Waals surface area contributed by atoms with E-state index in [1.54, 1.807) is 0 Å². The van der Waals surface area contributed by atoms with Gasteiger partial charge in [-0.3, -0.25) is 19.2 Å². The number of carbonyl (C=O) groups excluding carboxylic acids is 4. The number of aromatic nitrogens is 4. The highest BCUT2D eigenvalue weighted by Gasteiger charge is 2.32. The Balaban J connectivity index is 1.53. The van der Waals surface area contributed by atoms with Crippen LogP contribution < -0.4 is 21.3 Å². The van der Waals surface area contributed by atoms with Crippen molar-refractivity contribution >= 4 is 23.6 Å². The second-order valence-electron chi connectivity index (χ2n) is 14.0. The summed E-state index contributed by atoms with van der Waals surface area (Å²) in [5.41, 5.74) is -0.0788. The zero-order valence-electron chi connectivity index (χ0n) is 29.4. The summed E-state index contributed by atoms with van der Waals surface area (Å²) in [6, 6.07) is -2.86. The Morgan fingerprint density at radius 2 is 0.760 bits per heavy atom. The van der Waals surface area contributed by atoms with Crippen molar-refractivity contribution in [1.29, 1.82) is 0 Å². The Bertz CT molecular complexity index is 1680. The zero-order valence-corrected chi connectivity index (χ0v) is 29.4. The van der Waals surface area contributed by atoms with E-state index in [2.05, 4.69) is 41.2 Å². The fourth-order valence-corrected chi connectivity index (χ4v) is 5.48. The molecule has 0 saturated carbocycles. The minimum absolute atomic E-state index is 0.0197. The van der Waals surface area contributed by atoms with Crippen LogP contribution in [0, 0.1) is 23.7 Å². The Morgan fingerprint density at radius 3 is 1.06 bits per heavy atom. The third kappa shape index (κ3) is 8.29. The Hall–Kier alpha value is -5.28. The van der Waals surface area contributed by atoms with Crippen LogP contribution in [-0.4, -0.2) is 43.6 Å². The van der Waals surface area contributed by atoms with E-state index in [0.717, 1.165) is 0 Å². The van der Waals surface area contributed by atoms with Crippen LogP contribution in [0.2, 0.25) is 0 Å². The van der Waals surface area contributed by atoms with Gasteiger partial charge in [0.15, 0.2) is 22.8 Å². The minimum Gasteiger partial charge on any atom is -0.446 e. The molecule has 268 valence electrons. The molecular formula is C34H44N8O8. The molecule has 0 fully saturated rings. The van der Waals surface area contributed by atoms with Gasteiger partial charge in [-0.2, -0.15) is 0 Å². The standard InChI is InChI=1S/C34H44N8O8/c1-15(2)9-19-31-37-23(11-47-31)29(45)41-26(18(7)8)34-40-22(14-50-34)28(44)36-20(10-16(3)4)32-38-24(12-48-32)30(46)42-25(17(5)6)33-39-21(13-49-33)27(43)35-19/h11-20,25-26H,9-10H2,1-8H3,(H,35,43)(H,36,44)(H,41,45)(H,42,46). The number of rotatable bonds is 6. The van der Waals surface area contributed by atoms with Gasteiger partial charge in [-0.05, 0) is 36.5 Å². The smallest absolute Gasteiger partial charge is 0.273 e. The first-order valence-corrected chi connectivity index (χ1v) is 16.7. The van der Waals surface area contributed by atoms with Gasteiger partial charge in [0, 0.05) is 0 Å². The van der Waals surface area contributed by atoms with Crippen LogP contribution in [0.3, 0.4) is 0 Å². The zero-order chi connectivity index (χ0) is 36.3. The van der Waals surface area contributed by atoms with Crippen LogP contribution in [0.15, 0.2) is 42.7 Å². The van der Waals surface area contributed by atoms with Crippen molar-refractivity contribution in [2.75, 3.05) is 0 Å². The van der Waals surface area contributed by atoms with Gasteiger partial charge in [0.2, 0.25) is 23.6 Å². The first-order chi connectivity index (χ1) is 23.7. The van der Waals surface area contributed by atoms with E-state index < -0.39 is 47.8 Å². The lowest BCUT2D eigenvalue weighted by atomic mass is 10.0. The van der Waals surface area contributed by atoms with Gasteiger partial charge < -0.3 is 38.9 Å². The highest BCUT2D eigenvalue weighted by atomic mass is 16.4. The largest absolute Gasteiger partial charge is 0.446 e. The van der Waals surface area contributed by atoms with Crippen molar-refractivity contribution in [1.82, 2.24) is 41.2 Å². The lowest BCUT2D eigenvalue weighted by Gasteiger charge is -2.19. The van der Waals surface area contributed by atoms with E-state index in [4.69, 9.17) is 17.7 Å². The van der Waals surface area contributed by atoms with Gasteiger partial charge >= 0.3 is 0 Å². The number of hydrogen-bond acceptors (Lipinski definition) is 12. The molecule has 4 aromatic heterocycles. The molecule has 4 aromatic rings. The summed E-state index contributed by atoms with van der Waals surface area (Å²) < 4.78 is 22.8. The molecule has 50 heavy (non-hydrogen) atoms. The van der Waals surface area contributed by atoms with Crippen LogP contribution in [0.5, 0.6) is 0 Å². The average molecular weight is 693 g/mol. The Kier molecular flexibility index (Phi) is 10.9. The van der Waals surface area contributed by atoms with Crippen LogP contribution >= 0.6 is 0 Å². The topological polar surface area (TPSA) is 221 Å². The molecule has 8 bridgehead atoms. The SMILES string of the molecule is CC(C)CC1NC(=O)c2coc(n2)C(C(C)C)NC(=O)c2coc(n2)C(CC(C)C)NC(=O)c2coc(n2)C(C(C)C)NC(=O)c2coc1n2. The molecule has 0 radical (unpaired) electrons. The summed E-state index contributed by atoms with van der Waals surface area (Å²) in [4.78, 5) is 71.2. The molecule has 4 atom stereocenters. The predicted molar refractivity (Wildman–Crippen MR) is 175 cm³/mol. The van der Waals surface area contributed by atoms with Crippen molar-refractivity contribution in [3.05, 3.63) is 71.4 Å². The van der Waals surface area contributed by atoms with Gasteiger partial charge in [0.05, 0.1) is 0 Å². The molecule has 1 aliphatic heterocycles. The normalized spacial score (nSPS) is 20.9. The third-order valence-electron chi connectivity index (χ3n) is 8.08. The van der Waals surface area contributed by atoms with Crippen LogP contribution in [0.1, 0.15) is 158 Å². The van der Waals surface area contributed by atoms with Gasteiger partial charge in [-0.15, -0.1) is 0 Å². The first-order valence-electron chi connectivity index (χ1n) is 16.7. The van der Waals surface area contributed by atoms with Crippen molar-refractivity contribution in [2.45, 2.75) is 92.4 Å². The fourth-order valence-electron chi connectivity index (χ4n) is 5.48. The lowest BCUT2D eigenvalue weighted by molar-refractivity contribution is 0.0904. The Labute approximate surface area is 289 Å². The van der Waals surface area contributed by atoms with E-state index in [1.165, 1.54) is 25.1 Å². The Morgan fingerprint density at radius 1 is 0.480 bits per heavy atom. The molecule has 5 heterocycles. The van der Waals surface area contributed by atoms with Crippen LogP contribution in [-0.2, 0) is 0 Å². The summed E-state index contributed by atoms with van der Waals surface area (Å²) in [5, 5.41) is 11.5. The summed E-state index contributed by atoms with van der Waals surface area (Å²) in [6.07, 6.45) is 5.73. The number of hydrogen-bond donors (Lipinski definition) is 4. The van der Waals surface area contributed by atoms with Gasteiger partial charge in [-0.1, -0.05) is 55.4 Å². The monoisotopic (exact) mass is 692 g/mol. The molecule has 4 amide bonds. The van der Waals surface area contributed by atoms with E-state index >= 15 is 0 Å². The third-order valence-corrected chi connectivity index (χ3v) is 8.08. The molecule has 16 heteroatoms. The number of oxazole rings is 4. The summed E-state index contributed by atoms with van der Waals surface area (Å²) in [7, 11) is 0. The van der Waals surface area contributed by atoms with Crippen molar-refractivity contribution in [3.8, 4) is 0 Å². The summed E-state index contributed by atoms with van der Waals surface area (Å²) in [6.45, 7) is 15.3. The maximum atomic E-state index is 13.4. The quantitative estimate of drug-likeness (QED) is 0.204. The summed E-state index contributed by atoms with van der Waals surface area (Å²) in [5.74, 6) is -1.92. The van der Waals surface area contributed by atoms with E-state index in [9.17, 15) is 19.2 Å². The molecule has 5 rings (SSSR count). The number of fused-ring (bicyclic) bond motifs is 8. The predicted octanol–water partition coefficient (Wildman–Crippen LogP) is 5.24. The number of nitrogens with zero attached hydrogens (tertiary/aromatic N) is 4. The minimum atomic E-state index is -0.726. The van der Waals surface area contributed by atoms with Crippen molar-refractivity contribution in [2.24, 2.45) is 23.7 Å². The van der Waals surface area contributed by atoms with Gasteiger partial charge in [0.25, 0.3) is 23.6 Å². The highest BCUT2D eigenvalue weighted by molar-refractivity contribution is 5.94. The second kappa shape index (κ2) is 15.1. The molecule has 0 saturated heterocycles. The molecule has 4 N–H and O–H groups in total. The number of amides is 4. The highest BCUT2D eigenvalue weighted by Crippen LogP contribution is 2.27. The maximum Gasteiger partial charge on any atom is 0.273 e. The molecular weight excluding hydrogens is 648 g/mol. The van der Waals surface area contributed by atoms with Crippen LogP contribution in [0.25, 0.3) is 0 Å². The average Bonchev–Trinajstić information content (AvgIpc) is 3.87. The van der Waals surface area contributed by atoms with Crippen molar-refractivity contribution in [3.63, 3.8) is 0 Å². The van der Waals surface area contributed by atoms with Gasteiger partial charge in [0.1, 0.15) is 49.2 Å². The van der Waals surface area contributed by atoms with Crippen LogP contribution in [0.4, 0.5) is 0 Å². The van der Waals surface area contributed by atoms with E-state index in [1.807, 2.05) is 55.4 Å². The molecule has 0 aromatic carbocycles. The molecule has 16 nitrogen and oxygen atoms in total. The fraction of sp³-hybridized carbons (Fsp3) is 0.529. The molecule has 0 spiro atoms.